The molecule has 24 heavy (non-hydrogen) atoms. The molecule has 136 valence electrons. The lowest BCUT2D eigenvalue weighted by Crippen LogP contribution is -2.42. The van der Waals surface area contributed by atoms with Crippen molar-refractivity contribution < 1.29 is 9.90 Å². The quantitative estimate of drug-likeness (QED) is 0.708. The third-order valence-electron chi connectivity index (χ3n) is 4.89. The van der Waals surface area contributed by atoms with Crippen LogP contribution in [0.2, 0.25) is 0 Å². The van der Waals surface area contributed by atoms with E-state index in [2.05, 4.69) is 15.7 Å². The maximum Gasteiger partial charge on any atom is 0.223 e. The average molecular weight is 336 g/mol. The van der Waals surface area contributed by atoms with Gasteiger partial charge in [-0.1, -0.05) is 6.42 Å². The van der Waals surface area contributed by atoms with E-state index in [0.717, 1.165) is 43.6 Å². The number of nitrogens with one attached hydrogen (secondary N) is 2. The van der Waals surface area contributed by atoms with E-state index < -0.39 is 0 Å². The lowest BCUT2D eigenvalue weighted by atomic mass is 9.85. The van der Waals surface area contributed by atoms with Crippen molar-refractivity contribution in [3.05, 3.63) is 17.0 Å². The van der Waals surface area contributed by atoms with Gasteiger partial charge in [-0.25, -0.2) is 0 Å². The maximum atomic E-state index is 12.2. The maximum absolute atomic E-state index is 12.2. The van der Waals surface area contributed by atoms with Gasteiger partial charge in [0.05, 0.1) is 18.8 Å². The number of aliphatic hydroxyl groups is 1. The topological polar surface area (TPSA) is 79.2 Å². The standard InChI is InChI=1S/C18H32N4O2/c1-12(2)20-18(24)15-6-5-7-16(10-15)19-11-17-13(3)21-22(8-9-23)14(17)4/h12,15-16,19,23H,5-11H2,1-4H3,(H,20,24). The summed E-state index contributed by atoms with van der Waals surface area (Å²) in [5, 5.41) is 20.3. The molecule has 6 nitrogen and oxygen atoms in total. The predicted molar refractivity (Wildman–Crippen MR) is 94.7 cm³/mol. The molecule has 6 heteroatoms. The van der Waals surface area contributed by atoms with Crippen molar-refractivity contribution in [2.45, 2.75) is 78.6 Å². The van der Waals surface area contributed by atoms with Gasteiger partial charge >= 0.3 is 0 Å². The Hall–Kier alpha value is -1.40. The van der Waals surface area contributed by atoms with Gasteiger partial charge in [0.2, 0.25) is 5.91 Å². The lowest BCUT2D eigenvalue weighted by Gasteiger charge is -2.29. The van der Waals surface area contributed by atoms with Crippen LogP contribution in [0.25, 0.3) is 0 Å². The van der Waals surface area contributed by atoms with Crippen molar-refractivity contribution in [2.75, 3.05) is 6.61 Å². The number of aryl methyl sites for hydroxylation is 1. The Bertz CT molecular complexity index is 553. The van der Waals surface area contributed by atoms with Crippen LogP contribution in [0.3, 0.4) is 0 Å². The second-order valence-electron chi connectivity index (χ2n) is 7.20. The Kier molecular flexibility index (Phi) is 6.80. The summed E-state index contributed by atoms with van der Waals surface area (Å²) in [5.41, 5.74) is 3.33. The molecule has 0 radical (unpaired) electrons. The van der Waals surface area contributed by atoms with Crippen molar-refractivity contribution in [3.63, 3.8) is 0 Å². The minimum Gasteiger partial charge on any atom is -0.394 e. The highest BCUT2D eigenvalue weighted by molar-refractivity contribution is 5.79. The molecule has 0 saturated heterocycles. The third-order valence-corrected chi connectivity index (χ3v) is 4.89. The molecule has 0 aromatic carbocycles. The van der Waals surface area contributed by atoms with Gasteiger partial charge in [-0.3, -0.25) is 9.48 Å². The van der Waals surface area contributed by atoms with Crippen LogP contribution in [-0.2, 0) is 17.9 Å². The van der Waals surface area contributed by atoms with Gasteiger partial charge < -0.3 is 15.7 Å². The zero-order valence-corrected chi connectivity index (χ0v) is 15.4. The molecule has 1 aliphatic rings. The first-order valence-electron chi connectivity index (χ1n) is 9.09. The second-order valence-corrected chi connectivity index (χ2v) is 7.20. The molecule has 2 rings (SSSR count). The fourth-order valence-electron chi connectivity index (χ4n) is 3.56. The molecule has 0 spiro atoms. The van der Waals surface area contributed by atoms with Gasteiger partial charge in [0.1, 0.15) is 0 Å². The Morgan fingerprint density at radius 1 is 1.38 bits per heavy atom. The number of aliphatic hydroxyl groups excluding tert-OH is 1. The molecule has 0 bridgehead atoms. The zero-order chi connectivity index (χ0) is 17.7. The van der Waals surface area contributed by atoms with Crippen LogP contribution >= 0.6 is 0 Å². The largest absolute Gasteiger partial charge is 0.394 e. The summed E-state index contributed by atoms with van der Waals surface area (Å²) in [5.74, 6) is 0.317. The molecule has 1 aliphatic carbocycles. The smallest absolute Gasteiger partial charge is 0.223 e. The Morgan fingerprint density at radius 2 is 2.12 bits per heavy atom. The van der Waals surface area contributed by atoms with Crippen molar-refractivity contribution >= 4 is 5.91 Å². The number of aromatic nitrogens is 2. The average Bonchev–Trinajstić information content (AvgIpc) is 2.79. The molecule has 0 aliphatic heterocycles. The highest BCUT2D eigenvalue weighted by atomic mass is 16.3. The van der Waals surface area contributed by atoms with E-state index in [1.165, 1.54) is 5.56 Å². The van der Waals surface area contributed by atoms with E-state index in [9.17, 15) is 4.79 Å². The first-order valence-corrected chi connectivity index (χ1v) is 9.09. The second kappa shape index (κ2) is 8.62. The molecule has 1 heterocycles. The summed E-state index contributed by atoms with van der Waals surface area (Å²) in [6.45, 7) is 9.48. The van der Waals surface area contributed by atoms with E-state index in [1.807, 2.05) is 32.4 Å². The summed E-state index contributed by atoms with van der Waals surface area (Å²) >= 11 is 0. The molecular formula is C18H32N4O2. The van der Waals surface area contributed by atoms with Crippen molar-refractivity contribution in [1.82, 2.24) is 20.4 Å². The van der Waals surface area contributed by atoms with E-state index in [0.29, 0.717) is 12.6 Å². The van der Waals surface area contributed by atoms with Crippen LogP contribution in [-0.4, -0.2) is 39.5 Å². The van der Waals surface area contributed by atoms with Crippen molar-refractivity contribution in [3.8, 4) is 0 Å². The van der Waals surface area contributed by atoms with Gasteiger partial charge in [0.25, 0.3) is 0 Å². The Labute approximate surface area is 145 Å². The summed E-state index contributed by atoms with van der Waals surface area (Å²) in [4.78, 5) is 12.2. The van der Waals surface area contributed by atoms with Gasteiger partial charge in [-0.05, 0) is 47.0 Å². The van der Waals surface area contributed by atoms with Crippen molar-refractivity contribution in [1.29, 1.82) is 0 Å². The molecule has 1 aromatic heterocycles. The summed E-state index contributed by atoms with van der Waals surface area (Å²) in [6, 6.07) is 0.579. The monoisotopic (exact) mass is 336 g/mol. The molecule has 1 aromatic rings. The van der Waals surface area contributed by atoms with E-state index >= 15 is 0 Å². The lowest BCUT2D eigenvalue weighted by molar-refractivity contribution is -0.126. The van der Waals surface area contributed by atoms with Gasteiger partial charge in [-0.15, -0.1) is 0 Å². The number of amides is 1. The van der Waals surface area contributed by atoms with Gasteiger partial charge in [0.15, 0.2) is 0 Å². The van der Waals surface area contributed by atoms with E-state index in [4.69, 9.17) is 5.11 Å². The van der Waals surface area contributed by atoms with Gasteiger partial charge in [-0.2, -0.15) is 5.10 Å². The first kappa shape index (κ1) is 18.9. The first-order chi connectivity index (χ1) is 11.4. The highest BCUT2D eigenvalue weighted by Gasteiger charge is 2.27. The molecular weight excluding hydrogens is 304 g/mol. The Balaban J connectivity index is 1.91. The van der Waals surface area contributed by atoms with Crippen LogP contribution in [0, 0.1) is 19.8 Å². The molecule has 1 fully saturated rings. The van der Waals surface area contributed by atoms with Gasteiger partial charge in [0, 0.05) is 35.8 Å². The van der Waals surface area contributed by atoms with E-state index in [1.54, 1.807) is 0 Å². The normalized spacial score (nSPS) is 21.2. The molecule has 1 saturated carbocycles. The van der Waals surface area contributed by atoms with Crippen LogP contribution in [0.15, 0.2) is 0 Å². The van der Waals surface area contributed by atoms with Crippen LogP contribution in [0.4, 0.5) is 0 Å². The van der Waals surface area contributed by atoms with Crippen LogP contribution in [0.5, 0.6) is 0 Å². The summed E-state index contributed by atoms with van der Waals surface area (Å²) in [7, 11) is 0. The number of nitrogens with zero attached hydrogens (tertiary/aromatic N) is 2. The fraction of sp³-hybridized carbons (Fsp3) is 0.778. The number of carbonyl (C=O) groups is 1. The predicted octanol–water partition coefficient (Wildman–Crippen LogP) is 1.67. The minimum absolute atomic E-state index is 0.101. The number of hydrogen-bond acceptors (Lipinski definition) is 4. The van der Waals surface area contributed by atoms with Crippen LogP contribution < -0.4 is 10.6 Å². The summed E-state index contributed by atoms with van der Waals surface area (Å²) < 4.78 is 1.87. The Morgan fingerprint density at radius 3 is 2.79 bits per heavy atom. The molecule has 1 amide bonds. The SMILES string of the molecule is Cc1nn(CCO)c(C)c1CNC1CCCC(C(=O)NC(C)C)C1. The number of hydrogen-bond donors (Lipinski definition) is 3. The summed E-state index contributed by atoms with van der Waals surface area (Å²) in [6.07, 6.45) is 4.11. The van der Waals surface area contributed by atoms with Crippen LogP contribution in [0.1, 0.15) is 56.5 Å². The van der Waals surface area contributed by atoms with E-state index in [-0.39, 0.29) is 24.5 Å². The number of carbonyl (C=O) groups excluding carboxylic acids is 1. The van der Waals surface area contributed by atoms with Crippen molar-refractivity contribution in [2.24, 2.45) is 5.92 Å². The zero-order valence-electron chi connectivity index (χ0n) is 15.4. The minimum atomic E-state index is 0.101. The third kappa shape index (κ3) is 4.80. The molecule has 2 unspecified atom stereocenters. The molecule has 3 N–H and O–H groups in total. The fourth-order valence-corrected chi connectivity index (χ4v) is 3.56. The highest BCUT2D eigenvalue weighted by Crippen LogP contribution is 2.25. The number of rotatable bonds is 7. The molecule has 2 atom stereocenters.